The second-order valence-corrected chi connectivity index (χ2v) is 8.12. The molecule has 0 aliphatic carbocycles. The van der Waals surface area contributed by atoms with Crippen molar-refractivity contribution in [2.24, 2.45) is 0 Å². The van der Waals surface area contributed by atoms with Crippen LogP contribution in [0.2, 0.25) is 0 Å². The van der Waals surface area contributed by atoms with Crippen molar-refractivity contribution in [3.8, 4) is 0 Å². The highest BCUT2D eigenvalue weighted by atomic mass is 16.7. The fourth-order valence-electron chi connectivity index (χ4n) is 2.26. The van der Waals surface area contributed by atoms with Gasteiger partial charge in [0.25, 0.3) is 0 Å². The Morgan fingerprint density at radius 2 is 2.04 bits per heavy atom. The summed E-state index contributed by atoms with van der Waals surface area (Å²) < 4.78 is 92.9. The number of carbonyl (C=O) groups is 1. The SMILES string of the molecule is [2H]c1c(B2OC(C)(C)C(C)(C)O2)nn(C2([2H])N(C(=O)OC(C)(C)C)C([2H])([2H])C([2H])([2H])C2([2H])[2H])c1[2H]. The average Bonchev–Trinajstić information content (AvgIpc) is 3.07. The molecule has 0 spiro atoms. The highest BCUT2D eigenvalue weighted by molar-refractivity contribution is 6.61. The summed E-state index contributed by atoms with van der Waals surface area (Å²) in [5, 5.41) is 4.01. The van der Waals surface area contributed by atoms with E-state index >= 15 is 0 Å². The lowest BCUT2D eigenvalue weighted by atomic mass is 9.85. The number of hydrogen-bond donors (Lipinski definition) is 0. The van der Waals surface area contributed by atoms with E-state index in [9.17, 15) is 4.79 Å². The lowest BCUT2D eigenvalue weighted by Gasteiger charge is -2.32. The number of rotatable bonds is 2. The molecular formula is C18H30BN3O4. The first-order chi connectivity index (χ1) is 15.4. The molecule has 2 fully saturated rings. The van der Waals surface area contributed by atoms with Crippen molar-refractivity contribution in [2.75, 3.05) is 6.50 Å². The predicted molar refractivity (Wildman–Crippen MR) is 99.2 cm³/mol. The number of nitrogens with zero attached hydrogens (tertiary/aromatic N) is 3. The summed E-state index contributed by atoms with van der Waals surface area (Å²) >= 11 is 0. The average molecular weight is 372 g/mol. The minimum absolute atomic E-state index is 0.0379. The second kappa shape index (κ2) is 6.27. The van der Waals surface area contributed by atoms with Crippen molar-refractivity contribution in [3.05, 3.63) is 12.2 Å². The van der Waals surface area contributed by atoms with E-state index in [4.69, 9.17) is 26.4 Å². The van der Waals surface area contributed by atoms with Gasteiger partial charge in [-0.15, -0.1) is 0 Å². The van der Waals surface area contributed by atoms with E-state index in [1.165, 1.54) is 20.8 Å². The minimum atomic E-state index is -3.46. The first kappa shape index (κ1) is 10.7. The first-order valence-electron chi connectivity index (χ1n) is 12.8. The van der Waals surface area contributed by atoms with Gasteiger partial charge in [-0.25, -0.2) is 4.79 Å². The van der Waals surface area contributed by atoms with Gasteiger partial charge in [0.2, 0.25) is 0 Å². The van der Waals surface area contributed by atoms with Crippen molar-refractivity contribution in [1.82, 2.24) is 14.7 Å². The molecule has 3 rings (SSSR count). The van der Waals surface area contributed by atoms with Crippen molar-refractivity contribution in [2.45, 2.75) is 84.2 Å². The smallest absolute Gasteiger partial charge is 0.444 e. The molecule has 0 saturated carbocycles. The molecule has 0 bridgehead atoms. The van der Waals surface area contributed by atoms with E-state index in [-0.39, 0.29) is 10.5 Å². The maximum absolute atomic E-state index is 13.1. The minimum Gasteiger partial charge on any atom is -0.444 e. The number of likely N-dealkylation sites (tertiary alicyclic amines) is 1. The van der Waals surface area contributed by atoms with Gasteiger partial charge in [-0.3, -0.25) is 9.58 Å². The number of carbonyl (C=O) groups excluding carboxylic acids is 1. The Morgan fingerprint density at radius 1 is 1.42 bits per heavy atom. The summed E-state index contributed by atoms with van der Waals surface area (Å²) in [7, 11) is -1.28. The third-order valence-corrected chi connectivity index (χ3v) is 4.30. The van der Waals surface area contributed by atoms with E-state index < -0.39 is 67.6 Å². The summed E-state index contributed by atoms with van der Waals surface area (Å²) in [5.74, 6) is 0. The fraction of sp³-hybridized carbons (Fsp3) is 0.778. The predicted octanol–water partition coefficient (Wildman–Crippen LogP) is 2.71. The van der Waals surface area contributed by atoms with Gasteiger partial charge in [0.05, 0.1) is 20.9 Å². The number of amides is 1. The molecule has 2 aliphatic rings. The third-order valence-electron chi connectivity index (χ3n) is 4.30. The molecule has 1 aromatic rings. The number of ether oxygens (including phenoxy) is 1. The third kappa shape index (κ3) is 3.62. The van der Waals surface area contributed by atoms with Gasteiger partial charge >= 0.3 is 13.2 Å². The van der Waals surface area contributed by atoms with E-state index in [0.717, 1.165) is 0 Å². The van der Waals surface area contributed by atoms with Crippen LogP contribution >= 0.6 is 0 Å². The van der Waals surface area contributed by atoms with E-state index in [1.807, 2.05) is 0 Å². The molecule has 1 aromatic heterocycles. The molecule has 1 amide bonds. The summed E-state index contributed by atoms with van der Waals surface area (Å²) in [6.07, 6.45) is -12.6. The summed E-state index contributed by atoms with van der Waals surface area (Å²) in [4.78, 5) is 13.0. The van der Waals surface area contributed by atoms with Crippen LogP contribution in [-0.2, 0) is 14.0 Å². The molecule has 7 nitrogen and oxygen atoms in total. The van der Waals surface area contributed by atoms with E-state index in [1.54, 1.807) is 27.7 Å². The Hall–Kier alpha value is -1.54. The Labute approximate surface area is 168 Å². The molecule has 0 radical (unpaired) electrons. The van der Waals surface area contributed by atoms with Crippen molar-refractivity contribution < 1.29 is 31.2 Å². The van der Waals surface area contributed by atoms with Gasteiger partial charge in [0.15, 0.2) is 0 Å². The van der Waals surface area contributed by atoms with Crippen molar-refractivity contribution in [1.29, 1.82) is 0 Å². The van der Waals surface area contributed by atoms with Gasteiger partial charge in [-0.2, -0.15) is 5.10 Å². The largest absolute Gasteiger partial charge is 0.516 e. The molecule has 8 heteroatoms. The summed E-state index contributed by atoms with van der Waals surface area (Å²) in [5.41, 5.74) is -3.20. The van der Waals surface area contributed by atoms with Gasteiger partial charge < -0.3 is 14.0 Å². The number of aromatic nitrogens is 2. The van der Waals surface area contributed by atoms with Crippen molar-refractivity contribution in [3.63, 3.8) is 0 Å². The quantitative estimate of drug-likeness (QED) is 0.747. The summed E-state index contributed by atoms with van der Waals surface area (Å²) in [6, 6.07) is -0.608. The van der Waals surface area contributed by atoms with E-state index in [0.29, 0.717) is 4.68 Å². The Morgan fingerprint density at radius 3 is 2.62 bits per heavy atom. The molecule has 26 heavy (non-hydrogen) atoms. The topological polar surface area (TPSA) is 65.8 Å². The lowest BCUT2D eigenvalue weighted by molar-refractivity contribution is 0.00578. The molecule has 0 N–H and O–H groups in total. The molecule has 2 saturated heterocycles. The van der Waals surface area contributed by atoms with Crippen LogP contribution in [0.15, 0.2) is 12.2 Å². The highest BCUT2D eigenvalue weighted by Gasteiger charge is 2.52. The lowest BCUT2D eigenvalue weighted by Crippen LogP contribution is -2.41. The first-order valence-corrected chi connectivity index (χ1v) is 8.32. The fourth-order valence-corrected chi connectivity index (χ4v) is 2.26. The zero-order chi connectivity index (χ0) is 27.4. The van der Waals surface area contributed by atoms with Gasteiger partial charge in [0, 0.05) is 20.9 Å². The molecule has 1 atom stereocenters. The monoisotopic (exact) mass is 372 g/mol. The van der Waals surface area contributed by atoms with Crippen LogP contribution in [0, 0.1) is 0 Å². The van der Waals surface area contributed by atoms with Gasteiger partial charge in [-0.05, 0) is 67.3 Å². The van der Waals surface area contributed by atoms with Crippen LogP contribution < -0.4 is 5.59 Å². The van der Waals surface area contributed by atoms with Gasteiger partial charge in [-0.1, -0.05) is 0 Å². The zero-order valence-electron chi connectivity index (χ0n) is 25.1. The molecule has 3 heterocycles. The van der Waals surface area contributed by atoms with E-state index in [2.05, 4.69) is 5.10 Å². The molecule has 2 aliphatic heterocycles. The standard InChI is InChI=1S/C18H30BN3O4/c1-16(2,3)24-15(23)21-11-8-9-14(21)22-12-10-13(20-22)19-25-17(4,5)18(6,7)26-19/h10,12,14H,8-9,11H2,1-7H3/i8D2,9D2,10D,11D2,12D,14D. The van der Waals surface area contributed by atoms with Crippen LogP contribution in [0.1, 0.15) is 79.7 Å². The molecule has 1 unspecified atom stereocenters. The van der Waals surface area contributed by atoms with Gasteiger partial charge in [0.1, 0.15) is 11.7 Å². The highest BCUT2D eigenvalue weighted by Crippen LogP contribution is 2.36. The number of hydrogen-bond acceptors (Lipinski definition) is 5. The van der Waals surface area contributed by atoms with Crippen LogP contribution in [0.4, 0.5) is 4.79 Å². The maximum atomic E-state index is 13.1. The Bertz CT molecular complexity index is 1040. The molecule has 144 valence electrons. The van der Waals surface area contributed by atoms with Crippen LogP contribution in [-0.4, -0.2) is 51.2 Å². The normalized spacial score (nSPS) is 38.7. The Balaban J connectivity index is 2.25. The van der Waals surface area contributed by atoms with Crippen LogP contribution in [0.25, 0.3) is 0 Å². The van der Waals surface area contributed by atoms with Crippen LogP contribution in [0.3, 0.4) is 0 Å². The summed E-state index contributed by atoms with van der Waals surface area (Å²) in [6.45, 7) is 7.96. The Kier molecular flexibility index (Phi) is 2.58. The molecule has 0 aromatic carbocycles. The maximum Gasteiger partial charge on any atom is 0.516 e. The van der Waals surface area contributed by atoms with Crippen molar-refractivity contribution >= 4 is 18.8 Å². The molecular weight excluding hydrogens is 333 g/mol. The van der Waals surface area contributed by atoms with Crippen LogP contribution in [0.5, 0.6) is 0 Å². The zero-order valence-corrected chi connectivity index (χ0v) is 16.1. The second-order valence-electron chi connectivity index (χ2n) is 8.12.